The Morgan fingerprint density at radius 2 is 2.08 bits per heavy atom. The number of aryl methyl sites for hydroxylation is 1. The monoisotopic (exact) mass is 357 g/mol. The third kappa shape index (κ3) is 3.77. The van der Waals surface area contributed by atoms with Gasteiger partial charge in [-0.15, -0.1) is 0 Å². The van der Waals surface area contributed by atoms with Crippen LogP contribution >= 0.6 is 11.6 Å². The van der Waals surface area contributed by atoms with E-state index < -0.39 is 0 Å². The molecule has 2 aromatic rings. The van der Waals surface area contributed by atoms with Gasteiger partial charge in [0.05, 0.1) is 17.9 Å². The summed E-state index contributed by atoms with van der Waals surface area (Å²) in [5.74, 6) is -0.178. The van der Waals surface area contributed by atoms with Crippen LogP contribution in [0.25, 0.3) is 0 Å². The number of nitrogens with zero attached hydrogens (tertiary/aromatic N) is 1. The van der Waals surface area contributed by atoms with E-state index in [9.17, 15) is 9.59 Å². The normalized spacial score (nSPS) is 16.7. The summed E-state index contributed by atoms with van der Waals surface area (Å²) in [4.78, 5) is 26.6. The molecule has 5 nitrogen and oxygen atoms in total. The number of hydrogen-bond acceptors (Lipinski definition) is 3. The summed E-state index contributed by atoms with van der Waals surface area (Å²) < 4.78 is 0. The minimum atomic E-state index is -0.218. The molecule has 25 heavy (non-hydrogen) atoms. The highest BCUT2D eigenvalue weighted by Crippen LogP contribution is 2.31. The number of nitrogens with one attached hydrogen (secondary N) is 2. The van der Waals surface area contributed by atoms with Crippen molar-refractivity contribution < 1.29 is 9.59 Å². The van der Waals surface area contributed by atoms with Crippen LogP contribution in [0.4, 0.5) is 17.1 Å². The first-order valence-electron chi connectivity index (χ1n) is 8.16. The molecule has 0 saturated carbocycles. The largest absolute Gasteiger partial charge is 0.376 e. The van der Waals surface area contributed by atoms with Crippen LogP contribution in [-0.4, -0.2) is 24.4 Å². The lowest BCUT2D eigenvalue weighted by atomic mass is 10.1. The van der Waals surface area contributed by atoms with Crippen molar-refractivity contribution in [1.29, 1.82) is 0 Å². The highest BCUT2D eigenvalue weighted by atomic mass is 35.5. The average molecular weight is 358 g/mol. The summed E-state index contributed by atoms with van der Waals surface area (Å²) in [7, 11) is 0. The van der Waals surface area contributed by atoms with Crippen molar-refractivity contribution in [3.05, 3.63) is 53.1 Å². The minimum absolute atomic E-state index is 0.0863. The summed E-state index contributed by atoms with van der Waals surface area (Å²) in [6, 6.07) is 12.6. The number of hydrogen-bond donors (Lipinski definition) is 2. The quantitative estimate of drug-likeness (QED) is 0.877. The molecule has 1 aliphatic rings. The van der Waals surface area contributed by atoms with Gasteiger partial charge in [0.2, 0.25) is 11.8 Å². The number of fused-ring (bicyclic) bond motifs is 1. The molecule has 0 spiro atoms. The first-order chi connectivity index (χ1) is 12.0. The van der Waals surface area contributed by atoms with Gasteiger partial charge in [0.15, 0.2) is 0 Å². The fraction of sp³-hybridized carbons (Fsp3) is 0.263. The molecule has 130 valence electrons. The molecule has 0 radical (unpaired) electrons. The standard InChI is InChI=1S/C19H20ClN3O2/c1-12-9-14(20)7-8-15(12)21-11-19(25)23-13(2)10-18(24)22-16-5-3-4-6-17(16)23/h3-9,13,21H,10-11H2,1-2H3,(H,22,24)/t13-/m0/s1. The zero-order valence-electron chi connectivity index (χ0n) is 14.2. The van der Waals surface area contributed by atoms with Crippen molar-refractivity contribution in [3.8, 4) is 0 Å². The summed E-state index contributed by atoms with van der Waals surface area (Å²) in [6.45, 7) is 3.95. The Morgan fingerprint density at radius 1 is 1.32 bits per heavy atom. The number of benzene rings is 2. The Kier molecular flexibility index (Phi) is 4.95. The molecule has 6 heteroatoms. The highest BCUT2D eigenvalue weighted by Gasteiger charge is 2.29. The molecule has 0 saturated heterocycles. The van der Waals surface area contributed by atoms with Crippen LogP contribution in [0.15, 0.2) is 42.5 Å². The van der Waals surface area contributed by atoms with Gasteiger partial charge in [-0.3, -0.25) is 9.59 Å². The van der Waals surface area contributed by atoms with Crippen LogP contribution in [0, 0.1) is 6.92 Å². The molecule has 2 N–H and O–H groups in total. The fourth-order valence-electron chi connectivity index (χ4n) is 3.05. The lowest BCUT2D eigenvalue weighted by Crippen LogP contribution is -2.42. The first-order valence-corrected chi connectivity index (χ1v) is 8.54. The maximum absolute atomic E-state index is 12.9. The molecular formula is C19H20ClN3O2. The van der Waals surface area contributed by atoms with Gasteiger partial charge in [0.25, 0.3) is 0 Å². The van der Waals surface area contributed by atoms with Gasteiger partial charge >= 0.3 is 0 Å². The lowest BCUT2D eigenvalue weighted by Gasteiger charge is -2.28. The van der Waals surface area contributed by atoms with E-state index in [0.717, 1.165) is 16.9 Å². The Hall–Kier alpha value is -2.53. The Labute approximate surface area is 152 Å². The van der Waals surface area contributed by atoms with Crippen molar-refractivity contribution in [2.24, 2.45) is 0 Å². The number of carbonyl (C=O) groups is 2. The average Bonchev–Trinajstić information content (AvgIpc) is 2.68. The zero-order chi connectivity index (χ0) is 18.0. The minimum Gasteiger partial charge on any atom is -0.376 e. The molecule has 2 amide bonds. The summed E-state index contributed by atoms with van der Waals surface area (Å²) in [6.07, 6.45) is 0.264. The number of amides is 2. The SMILES string of the molecule is Cc1cc(Cl)ccc1NCC(=O)N1c2ccccc2NC(=O)C[C@@H]1C. The Bertz CT molecular complexity index is 822. The van der Waals surface area contributed by atoms with E-state index in [-0.39, 0.29) is 30.8 Å². The summed E-state index contributed by atoms with van der Waals surface area (Å²) in [5, 5.41) is 6.69. The van der Waals surface area contributed by atoms with E-state index in [1.807, 2.05) is 50.2 Å². The number of rotatable bonds is 3. The second-order valence-corrected chi connectivity index (χ2v) is 6.63. The smallest absolute Gasteiger partial charge is 0.246 e. The van der Waals surface area contributed by atoms with Crippen LogP contribution in [0.3, 0.4) is 0 Å². The molecule has 0 fully saturated rings. The second kappa shape index (κ2) is 7.15. The van der Waals surface area contributed by atoms with Crippen LogP contribution in [-0.2, 0) is 9.59 Å². The van der Waals surface area contributed by atoms with E-state index in [2.05, 4.69) is 10.6 Å². The van der Waals surface area contributed by atoms with Gasteiger partial charge in [-0.2, -0.15) is 0 Å². The van der Waals surface area contributed by atoms with Crippen LogP contribution < -0.4 is 15.5 Å². The molecule has 2 aromatic carbocycles. The maximum Gasteiger partial charge on any atom is 0.246 e. The van der Waals surface area contributed by atoms with E-state index >= 15 is 0 Å². The predicted octanol–water partition coefficient (Wildman–Crippen LogP) is 3.82. The third-order valence-electron chi connectivity index (χ3n) is 4.25. The molecule has 1 heterocycles. The van der Waals surface area contributed by atoms with E-state index in [1.54, 1.807) is 11.0 Å². The molecule has 3 rings (SSSR count). The maximum atomic E-state index is 12.9. The molecule has 0 bridgehead atoms. The first kappa shape index (κ1) is 17.3. The van der Waals surface area contributed by atoms with Crippen molar-refractivity contribution in [2.75, 3.05) is 22.1 Å². The van der Waals surface area contributed by atoms with Crippen molar-refractivity contribution in [1.82, 2.24) is 0 Å². The van der Waals surface area contributed by atoms with Gasteiger partial charge in [-0.1, -0.05) is 23.7 Å². The molecule has 1 aliphatic heterocycles. The van der Waals surface area contributed by atoms with Gasteiger partial charge < -0.3 is 15.5 Å². The van der Waals surface area contributed by atoms with Gasteiger partial charge in [-0.25, -0.2) is 0 Å². The van der Waals surface area contributed by atoms with E-state index in [4.69, 9.17) is 11.6 Å². The molecule has 1 atom stereocenters. The fourth-order valence-corrected chi connectivity index (χ4v) is 3.28. The number of para-hydroxylation sites is 2. The lowest BCUT2D eigenvalue weighted by molar-refractivity contribution is -0.118. The van der Waals surface area contributed by atoms with Crippen LogP contribution in [0.2, 0.25) is 5.02 Å². The van der Waals surface area contributed by atoms with Crippen molar-refractivity contribution in [2.45, 2.75) is 26.3 Å². The molecule has 0 aromatic heterocycles. The Morgan fingerprint density at radius 3 is 2.84 bits per heavy atom. The number of halogens is 1. The predicted molar refractivity (Wildman–Crippen MR) is 101 cm³/mol. The summed E-state index contributed by atoms with van der Waals surface area (Å²) >= 11 is 5.97. The van der Waals surface area contributed by atoms with Crippen LogP contribution in [0.1, 0.15) is 18.9 Å². The van der Waals surface area contributed by atoms with Gasteiger partial charge in [0, 0.05) is 23.2 Å². The number of anilines is 3. The van der Waals surface area contributed by atoms with Gasteiger partial charge in [0.1, 0.15) is 0 Å². The van der Waals surface area contributed by atoms with E-state index in [0.29, 0.717) is 10.7 Å². The number of carbonyl (C=O) groups excluding carboxylic acids is 2. The third-order valence-corrected chi connectivity index (χ3v) is 4.48. The highest BCUT2D eigenvalue weighted by molar-refractivity contribution is 6.30. The second-order valence-electron chi connectivity index (χ2n) is 6.20. The zero-order valence-corrected chi connectivity index (χ0v) is 14.9. The molecule has 0 unspecified atom stereocenters. The summed E-state index contributed by atoms with van der Waals surface area (Å²) in [5.41, 5.74) is 3.22. The van der Waals surface area contributed by atoms with Crippen molar-refractivity contribution in [3.63, 3.8) is 0 Å². The molecule has 0 aliphatic carbocycles. The van der Waals surface area contributed by atoms with Gasteiger partial charge in [-0.05, 0) is 49.7 Å². The van der Waals surface area contributed by atoms with Crippen molar-refractivity contribution >= 4 is 40.5 Å². The molecular weight excluding hydrogens is 338 g/mol. The van der Waals surface area contributed by atoms with E-state index in [1.165, 1.54) is 0 Å². The topological polar surface area (TPSA) is 61.4 Å². The van der Waals surface area contributed by atoms with Crippen LogP contribution in [0.5, 0.6) is 0 Å². The Balaban J connectivity index is 1.81.